The van der Waals surface area contributed by atoms with E-state index in [9.17, 15) is 9.59 Å². The number of nitrogens with one attached hydrogen (secondary N) is 3. The van der Waals surface area contributed by atoms with Gasteiger partial charge in [0.2, 0.25) is 0 Å². The first-order valence-electron chi connectivity index (χ1n) is 8.62. The van der Waals surface area contributed by atoms with Crippen molar-refractivity contribution in [2.24, 2.45) is 0 Å². The van der Waals surface area contributed by atoms with Crippen LogP contribution in [0.1, 0.15) is 15.9 Å². The molecule has 0 saturated heterocycles. The predicted molar refractivity (Wildman–Crippen MR) is 108 cm³/mol. The van der Waals surface area contributed by atoms with Gasteiger partial charge in [-0.05, 0) is 35.9 Å². The second-order valence-electron chi connectivity index (χ2n) is 5.85. The zero-order valence-corrected chi connectivity index (χ0v) is 16.5. The maximum atomic E-state index is 12.0. The number of hydrogen-bond donors (Lipinski definition) is 3. The molecule has 3 amide bonds. The van der Waals surface area contributed by atoms with E-state index in [1.807, 2.05) is 30.5 Å². The zero-order valence-electron chi connectivity index (χ0n) is 14.9. The van der Waals surface area contributed by atoms with E-state index in [1.54, 1.807) is 35.3 Å². The van der Waals surface area contributed by atoms with Crippen LogP contribution in [0.2, 0.25) is 0 Å². The Bertz CT molecular complexity index is 928. The molecular weight excluding hydrogens is 424 g/mol. The Labute approximate surface area is 170 Å². The molecule has 0 unspecified atom stereocenters. The second-order valence-corrected chi connectivity index (χ2v) is 6.77. The first-order valence-corrected chi connectivity index (χ1v) is 9.41. The monoisotopic (exact) mass is 442 g/mol. The highest BCUT2D eigenvalue weighted by Crippen LogP contribution is 2.11. The highest BCUT2D eigenvalue weighted by molar-refractivity contribution is 9.10. The number of nitrogens with zero attached hydrogens (tertiary/aromatic N) is 3. The van der Waals surface area contributed by atoms with Crippen molar-refractivity contribution in [1.29, 1.82) is 0 Å². The Balaban J connectivity index is 1.35. The van der Waals surface area contributed by atoms with Gasteiger partial charge < -0.3 is 16.0 Å². The average Bonchev–Trinajstić information content (AvgIpc) is 3.25. The van der Waals surface area contributed by atoms with Crippen LogP contribution in [0.15, 0.2) is 65.5 Å². The molecule has 2 heterocycles. The molecular formula is C19H19BrN6O2. The summed E-state index contributed by atoms with van der Waals surface area (Å²) < 4.78 is 2.50. The van der Waals surface area contributed by atoms with Crippen LogP contribution < -0.4 is 16.0 Å². The minimum atomic E-state index is -0.312. The molecule has 0 atom stereocenters. The molecule has 0 bridgehead atoms. The Morgan fingerprint density at radius 2 is 1.89 bits per heavy atom. The molecule has 0 aliphatic heterocycles. The van der Waals surface area contributed by atoms with E-state index in [2.05, 4.69) is 42.0 Å². The van der Waals surface area contributed by atoms with Crippen molar-refractivity contribution >= 4 is 27.9 Å². The van der Waals surface area contributed by atoms with Crippen molar-refractivity contribution < 1.29 is 9.59 Å². The number of pyridine rings is 1. The van der Waals surface area contributed by atoms with Crippen LogP contribution in [0.25, 0.3) is 5.82 Å². The number of carbonyl (C=O) groups is 2. The predicted octanol–water partition coefficient (Wildman–Crippen LogP) is 2.26. The van der Waals surface area contributed by atoms with Crippen molar-refractivity contribution in [1.82, 2.24) is 30.7 Å². The quantitative estimate of drug-likeness (QED) is 0.488. The minimum Gasteiger partial charge on any atom is -0.350 e. The molecule has 0 fully saturated rings. The van der Waals surface area contributed by atoms with Crippen LogP contribution >= 0.6 is 15.9 Å². The Morgan fingerprint density at radius 3 is 2.61 bits per heavy atom. The third-order valence-electron chi connectivity index (χ3n) is 3.78. The van der Waals surface area contributed by atoms with Gasteiger partial charge in [-0.1, -0.05) is 28.1 Å². The smallest absolute Gasteiger partial charge is 0.315 e. The second kappa shape index (κ2) is 9.65. The van der Waals surface area contributed by atoms with Gasteiger partial charge in [0.25, 0.3) is 5.91 Å². The van der Waals surface area contributed by atoms with Crippen molar-refractivity contribution in [3.05, 3.63) is 76.7 Å². The summed E-state index contributed by atoms with van der Waals surface area (Å²) in [7, 11) is 0. The number of halogens is 1. The van der Waals surface area contributed by atoms with Crippen LogP contribution in [0.3, 0.4) is 0 Å². The van der Waals surface area contributed by atoms with Crippen LogP contribution in [0.4, 0.5) is 4.79 Å². The summed E-state index contributed by atoms with van der Waals surface area (Å²) in [6, 6.07) is 12.3. The summed E-state index contributed by atoms with van der Waals surface area (Å²) in [6.07, 6.45) is 5.18. The van der Waals surface area contributed by atoms with E-state index in [0.29, 0.717) is 31.0 Å². The third-order valence-corrected chi connectivity index (χ3v) is 4.28. The molecule has 0 saturated carbocycles. The van der Waals surface area contributed by atoms with Gasteiger partial charge in [0.05, 0.1) is 0 Å². The van der Waals surface area contributed by atoms with E-state index in [-0.39, 0.29) is 11.9 Å². The number of hydrogen-bond acceptors (Lipinski definition) is 4. The van der Waals surface area contributed by atoms with E-state index in [0.717, 1.165) is 10.0 Å². The number of aromatic nitrogens is 3. The van der Waals surface area contributed by atoms with E-state index < -0.39 is 0 Å². The number of amides is 3. The highest BCUT2D eigenvalue weighted by atomic mass is 79.9. The molecule has 3 aromatic rings. The fourth-order valence-electron chi connectivity index (χ4n) is 2.39. The summed E-state index contributed by atoms with van der Waals surface area (Å²) in [6.45, 7) is 1.00. The molecule has 0 aliphatic carbocycles. The summed E-state index contributed by atoms with van der Waals surface area (Å²) in [5, 5.41) is 12.3. The lowest BCUT2D eigenvalue weighted by Crippen LogP contribution is -2.40. The molecule has 3 rings (SSSR count). The molecule has 9 heteroatoms. The molecule has 2 aromatic heterocycles. The summed E-state index contributed by atoms with van der Waals surface area (Å²) in [4.78, 5) is 28.2. The van der Waals surface area contributed by atoms with Gasteiger partial charge in [0.15, 0.2) is 5.82 Å². The van der Waals surface area contributed by atoms with Gasteiger partial charge in [0.1, 0.15) is 0 Å². The first-order chi connectivity index (χ1) is 13.6. The molecule has 28 heavy (non-hydrogen) atoms. The normalized spacial score (nSPS) is 10.3. The number of urea groups is 1. The summed E-state index contributed by atoms with van der Waals surface area (Å²) >= 11 is 3.33. The fourth-order valence-corrected chi connectivity index (χ4v) is 2.79. The minimum absolute atomic E-state index is 0.188. The zero-order chi connectivity index (χ0) is 19.8. The lowest BCUT2D eigenvalue weighted by molar-refractivity contribution is 0.0953. The largest absolute Gasteiger partial charge is 0.350 e. The van der Waals surface area contributed by atoms with Gasteiger partial charge in [-0.3, -0.25) is 4.79 Å². The van der Waals surface area contributed by atoms with Crippen molar-refractivity contribution in [2.75, 3.05) is 13.1 Å². The Morgan fingerprint density at radius 1 is 1.04 bits per heavy atom. The fraction of sp³-hybridized carbons (Fsp3) is 0.158. The van der Waals surface area contributed by atoms with Crippen LogP contribution in [-0.4, -0.2) is 39.8 Å². The summed E-state index contributed by atoms with van der Waals surface area (Å²) in [5.74, 6) is 0.520. The summed E-state index contributed by atoms with van der Waals surface area (Å²) in [5.41, 5.74) is 1.43. The van der Waals surface area contributed by atoms with Gasteiger partial charge >= 0.3 is 6.03 Å². The molecule has 0 spiro atoms. The van der Waals surface area contributed by atoms with Gasteiger partial charge in [-0.15, -0.1) is 0 Å². The van der Waals surface area contributed by atoms with E-state index >= 15 is 0 Å². The topological polar surface area (TPSA) is 101 Å². The first kappa shape index (κ1) is 19.6. The molecule has 0 aliphatic rings. The SMILES string of the molecule is O=C(NCCNC(=O)c1cccc(Br)c1)NCc1ccc(-n2cccn2)nc1. The molecule has 3 N–H and O–H groups in total. The Hall–Kier alpha value is -3.20. The van der Waals surface area contributed by atoms with Crippen LogP contribution in [0.5, 0.6) is 0 Å². The van der Waals surface area contributed by atoms with Crippen molar-refractivity contribution in [3.8, 4) is 5.82 Å². The standard InChI is InChI=1S/C19H19BrN6O2/c20-16-4-1-3-15(11-16)18(27)21-8-9-22-19(28)24-13-14-5-6-17(23-12-14)26-10-2-7-25-26/h1-7,10-12H,8-9,13H2,(H,21,27)(H2,22,24,28). The third kappa shape index (κ3) is 5.65. The van der Waals surface area contributed by atoms with Crippen molar-refractivity contribution in [2.45, 2.75) is 6.54 Å². The maximum absolute atomic E-state index is 12.0. The lowest BCUT2D eigenvalue weighted by atomic mass is 10.2. The number of carbonyl (C=O) groups excluding carboxylic acids is 2. The van der Waals surface area contributed by atoms with Crippen molar-refractivity contribution in [3.63, 3.8) is 0 Å². The molecule has 1 aromatic carbocycles. The lowest BCUT2D eigenvalue weighted by Gasteiger charge is -2.09. The maximum Gasteiger partial charge on any atom is 0.315 e. The molecule has 0 radical (unpaired) electrons. The average molecular weight is 443 g/mol. The Kier molecular flexibility index (Phi) is 6.74. The molecule has 144 valence electrons. The van der Waals surface area contributed by atoms with Crippen LogP contribution in [0, 0.1) is 0 Å². The van der Waals surface area contributed by atoms with Gasteiger partial charge in [0, 0.05) is 48.3 Å². The number of rotatable bonds is 7. The van der Waals surface area contributed by atoms with E-state index in [4.69, 9.17) is 0 Å². The number of benzene rings is 1. The highest BCUT2D eigenvalue weighted by Gasteiger charge is 2.06. The van der Waals surface area contributed by atoms with Crippen LogP contribution in [-0.2, 0) is 6.54 Å². The van der Waals surface area contributed by atoms with E-state index in [1.165, 1.54) is 0 Å². The van der Waals surface area contributed by atoms with Gasteiger partial charge in [-0.25, -0.2) is 14.5 Å². The molecule has 8 nitrogen and oxygen atoms in total. The van der Waals surface area contributed by atoms with Gasteiger partial charge in [-0.2, -0.15) is 5.10 Å².